The van der Waals surface area contributed by atoms with Crippen molar-refractivity contribution in [2.45, 2.75) is 13.0 Å². The molecule has 0 saturated heterocycles. The number of pyridine rings is 1. The van der Waals surface area contributed by atoms with Crippen LogP contribution in [0.3, 0.4) is 0 Å². The largest absolute Gasteiger partial charge is 0.493 e. The minimum Gasteiger partial charge on any atom is -0.493 e. The lowest BCUT2D eigenvalue weighted by atomic mass is 9.93. The Labute approximate surface area is 173 Å². The van der Waals surface area contributed by atoms with E-state index in [-0.39, 0.29) is 6.54 Å². The number of fused-ring (bicyclic) bond motifs is 3. The zero-order valence-electron chi connectivity index (χ0n) is 15.5. The molecule has 0 fully saturated rings. The van der Waals surface area contributed by atoms with Gasteiger partial charge in [-0.1, -0.05) is 29.3 Å². The topological polar surface area (TPSA) is 83.4 Å². The Balaban J connectivity index is 2.01. The summed E-state index contributed by atoms with van der Waals surface area (Å²) in [5.41, 5.74) is 18.7. The van der Waals surface area contributed by atoms with Crippen LogP contribution in [0.25, 0.3) is 22.4 Å². The normalized spacial score (nSPS) is 11.9. The summed E-state index contributed by atoms with van der Waals surface area (Å²) in [6, 6.07) is 9.32. The first kappa shape index (κ1) is 18.9. The second kappa shape index (κ2) is 7.17. The molecular formula is C21H19Cl2N3O2. The average Bonchev–Trinajstić information content (AvgIpc) is 3.03. The van der Waals surface area contributed by atoms with Crippen molar-refractivity contribution >= 4 is 29.0 Å². The number of ether oxygens (including phenoxy) is 2. The number of halogens is 2. The first-order chi connectivity index (χ1) is 13.5. The summed E-state index contributed by atoms with van der Waals surface area (Å²) in [5.74, 6) is 1.71. The molecule has 7 heteroatoms. The molecule has 0 atom stereocenters. The maximum absolute atomic E-state index is 6.53. The van der Waals surface area contributed by atoms with Crippen LogP contribution in [0.15, 0.2) is 30.3 Å². The van der Waals surface area contributed by atoms with Crippen LogP contribution in [0, 0.1) is 0 Å². The number of anilines is 1. The molecule has 0 unspecified atom stereocenters. The number of hydrogen-bond acceptors (Lipinski definition) is 5. The highest BCUT2D eigenvalue weighted by Crippen LogP contribution is 2.48. The van der Waals surface area contributed by atoms with Crippen LogP contribution in [0.4, 0.5) is 5.82 Å². The lowest BCUT2D eigenvalue weighted by Crippen LogP contribution is -2.09. The summed E-state index contributed by atoms with van der Waals surface area (Å²) >= 11 is 12.6. The zero-order chi connectivity index (χ0) is 20.0. The molecule has 1 aliphatic rings. The van der Waals surface area contributed by atoms with Crippen molar-refractivity contribution in [1.29, 1.82) is 0 Å². The van der Waals surface area contributed by atoms with Crippen molar-refractivity contribution in [2.75, 3.05) is 20.0 Å². The molecule has 4 N–H and O–H groups in total. The van der Waals surface area contributed by atoms with Crippen LogP contribution in [0.1, 0.15) is 16.7 Å². The predicted molar refractivity (Wildman–Crippen MR) is 113 cm³/mol. The van der Waals surface area contributed by atoms with Crippen molar-refractivity contribution in [3.63, 3.8) is 0 Å². The summed E-state index contributed by atoms with van der Waals surface area (Å²) in [6.45, 7) is 0.253. The number of rotatable bonds is 4. The van der Waals surface area contributed by atoms with Gasteiger partial charge in [-0.25, -0.2) is 4.98 Å². The summed E-state index contributed by atoms with van der Waals surface area (Å²) in [7, 11) is 3.23. The Hall–Kier alpha value is -2.47. The fraction of sp³-hybridized carbons (Fsp3) is 0.190. The molecule has 1 heterocycles. The van der Waals surface area contributed by atoms with Crippen LogP contribution >= 0.6 is 23.2 Å². The van der Waals surface area contributed by atoms with Gasteiger partial charge >= 0.3 is 0 Å². The molecule has 0 saturated carbocycles. The number of aromatic nitrogens is 1. The van der Waals surface area contributed by atoms with E-state index in [2.05, 4.69) is 4.98 Å². The first-order valence-corrected chi connectivity index (χ1v) is 9.46. The second-order valence-corrected chi connectivity index (χ2v) is 7.39. The highest BCUT2D eigenvalue weighted by Gasteiger charge is 2.29. The van der Waals surface area contributed by atoms with Crippen molar-refractivity contribution in [2.24, 2.45) is 5.73 Å². The maximum Gasteiger partial charge on any atom is 0.161 e. The quantitative estimate of drug-likeness (QED) is 0.505. The first-order valence-electron chi connectivity index (χ1n) is 8.70. The van der Waals surface area contributed by atoms with E-state index in [0.717, 1.165) is 39.1 Å². The van der Waals surface area contributed by atoms with Crippen LogP contribution in [0.5, 0.6) is 11.5 Å². The van der Waals surface area contributed by atoms with Gasteiger partial charge in [-0.2, -0.15) is 0 Å². The molecule has 28 heavy (non-hydrogen) atoms. The van der Waals surface area contributed by atoms with Gasteiger partial charge in [0.15, 0.2) is 11.5 Å². The molecule has 0 radical (unpaired) electrons. The van der Waals surface area contributed by atoms with E-state index in [4.69, 9.17) is 44.1 Å². The molecule has 1 aromatic heterocycles. The van der Waals surface area contributed by atoms with E-state index >= 15 is 0 Å². The minimum atomic E-state index is 0.253. The molecule has 2 aromatic carbocycles. The average molecular weight is 416 g/mol. The number of benzene rings is 2. The molecule has 0 spiro atoms. The molecular weight excluding hydrogens is 397 g/mol. The predicted octanol–water partition coefficient (Wildman–Crippen LogP) is 4.68. The zero-order valence-corrected chi connectivity index (χ0v) is 17.0. The minimum absolute atomic E-state index is 0.253. The van der Waals surface area contributed by atoms with Crippen LogP contribution in [0.2, 0.25) is 10.0 Å². The Bertz CT molecular complexity index is 1100. The Morgan fingerprint density at radius 3 is 2.39 bits per heavy atom. The van der Waals surface area contributed by atoms with Gasteiger partial charge in [0.25, 0.3) is 0 Å². The lowest BCUT2D eigenvalue weighted by Gasteiger charge is -2.17. The van der Waals surface area contributed by atoms with Gasteiger partial charge in [0.2, 0.25) is 0 Å². The molecule has 0 bridgehead atoms. The molecule has 3 aromatic rings. The number of nitrogen functional groups attached to an aromatic ring is 1. The van der Waals surface area contributed by atoms with Gasteiger partial charge in [-0.05, 0) is 41.0 Å². The molecule has 144 valence electrons. The van der Waals surface area contributed by atoms with Gasteiger partial charge in [0, 0.05) is 39.7 Å². The SMILES string of the molecule is COc1cc2c(cc1OC)-c1nc(N)c(CN)c(-c3ccc(Cl)cc3Cl)c1C2. The third-order valence-electron chi connectivity index (χ3n) is 5.07. The fourth-order valence-electron chi connectivity index (χ4n) is 3.78. The van der Waals surface area contributed by atoms with Gasteiger partial charge < -0.3 is 20.9 Å². The van der Waals surface area contributed by atoms with Crippen molar-refractivity contribution in [3.8, 4) is 33.9 Å². The molecule has 1 aliphatic carbocycles. The van der Waals surface area contributed by atoms with E-state index in [1.54, 1.807) is 26.4 Å². The number of nitrogens with zero attached hydrogens (tertiary/aromatic N) is 1. The van der Waals surface area contributed by atoms with Gasteiger partial charge in [-0.3, -0.25) is 0 Å². The van der Waals surface area contributed by atoms with Crippen molar-refractivity contribution in [3.05, 3.63) is 57.1 Å². The number of nitrogens with two attached hydrogens (primary N) is 2. The van der Waals surface area contributed by atoms with E-state index in [1.165, 1.54) is 0 Å². The van der Waals surface area contributed by atoms with E-state index in [9.17, 15) is 0 Å². The maximum atomic E-state index is 6.53. The number of hydrogen-bond donors (Lipinski definition) is 2. The Morgan fingerprint density at radius 1 is 1.04 bits per heavy atom. The van der Waals surface area contributed by atoms with Crippen LogP contribution in [-0.4, -0.2) is 19.2 Å². The highest BCUT2D eigenvalue weighted by molar-refractivity contribution is 6.36. The van der Waals surface area contributed by atoms with Gasteiger partial charge in [-0.15, -0.1) is 0 Å². The summed E-state index contributed by atoms with van der Waals surface area (Å²) in [5, 5.41) is 1.11. The monoisotopic (exact) mass is 415 g/mol. The standard InChI is InChI=1S/C21H19Cl2N3O2/c1-27-17-6-10-5-14-19(12-4-3-11(22)7-16(12)23)15(9-24)21(25)26-20(14)13(10)8-18(17)28-2/h3-4,6-8H,5,9,24H2,1-2H3,(H2,25,26). The highest BCUT2D eigenvalue weighted by atomic mass is 35.5. The van der Waals surface area contributed by atoms with Gasteiger partial charge in [0.05, 0.1) is 19.9 Å². The van der Waals surface area contributed by atoms with Crippen LogP contribution in [-0.2, 0) is 13.0 Å². The molecule has 5 nitrogen and oxygen atoms in total. The smallest absolute Gasteiger partial charge is 0.161 e. The summed E-state index contributed by atoms with van der Waals surface area (Å²) in [6.07, 6.45) is 0.666. The van der Waals surface area contributed by atoms with Gasteiger partial charge in [0.1, 0.15) is 5.82 Å². The summed E-state index contributed by atoms with van der Waals surface area (Å²) in [4.78, 5) is 4.66. The van der Waals surface area contributed by atoms with Crippen molar-refractivity contribution in [1.82, 2.24) is 4.98 Å². The molecule has 4 rings (SSSR count). The van der Waals surface area contributed by atoms with Crippen LogP contribution < -0.4 is 20.9 Å². The van der Waals surface area contributed by atoms with E-state index < -0.39 is 0 Å². The molecule has 0 aliphatic heterocycles. The third-order valence-corrected chi connectivity index (χ3v) is 5.61. The lowest BCUT2D eigenvalue weighted by molar-refractivity contribution is 0.355. The summed E-state index contributed by atoms with van der Waals surface area (Å²) < 4.78 is 10.9. The van der Waals surface area contributed by atoms with Crippen molar-refractivity contribution < 1.29 is 9.47 Å². The number of methoxy groups -OCH3 is 2. The third kappa shape index (κ3) is 2.87. The van der Waals surface area contributed by atoms with E-state index in [0.29, 0.717) is 33.8 Å². The second-order valence-electron chi connectivity index (χ2n) is 6.55. The Kier molecular flexibility index (Phi) is 4.83. The fourth-order valence-corrected chi connectivity index (χ4v) is 4.28. The molecule has 0 amide bonds. The Morgan fingerprint density at radius 2 is 1.75 bits per heavy atom. The van der Waals surface area contributed by atoms with E-state index in [1.807, 2.05) is 18.2 Å².